The summed E-state index contributed by atoms with van der Waals surface area (Å²) < 4.78 is 5.32. The lowest BCUT2D eigenvalue weighted by Crippen LogP contribution is -2.28. The van der Waals surface area contributed by atoms with Gasteiger partial charge in [-0.05, 0) is 26.1 Å². The van der Waals surface area contributed by atoms with E-state index >= 15 is 0 Å². The normalized spacial score (nSPS) is 12.8. The molecule has 2 rings (SSSR count). The molecule has 2 heterocycles. The Morgan fingerprint density at radius 1 is 1.42 bits per heavy atom. The van der Waals surface area contributed by atoms with Gasteiger partial charge in [0.2, 0.25) is 0 Å². The number of thiazole rings is 1. The first-order chi connectivity index (χ1) is 9.20. The van der Waals surface area contributed by atoms with Gasteiger partial charge in [-0.1, -0.05) is 6.07 Å². The van der Waals surface area contributed by atoms with E-state index in [1.54, 1.807) is 18.4 Å². The molecule has 0 unspecified atom stereocenters. The van der Waals surface area contributed by atoms with E-state index in [0.717, 1.165) is 22.9 Å². The molecule has 0 aliphatic heterocycles. The molecule has 1 atom stereocenters. The van der Waals surface area contributed by atoms with E-state index in [4.69, 9.17) is 4.74 Å². The van der Waals surface area contributed by atoms with Crippen molar-refractivity contribution in [1.29, 1.82) is 0 Å². The van der Waals surface area contributed by atoms with E-state index in [1.165, 1.54) is 0 Å². The molecule has 0 spiro atoms. The van der Waals surface area contributed by atoms with Crippen LogP contribution in [0.25, 0.3) is 0 Å². The molecule has 0 bridgehead atoms. The quantitative estimate of drug-likeness (QED) is 0.813. The fourth-order valence-corrected chi connectivity index (χ4v) is 2.80. The minimum absolute atomic E-state index is 0.149. The number of ether oxygens (including phenoxy) is 1. The molecule has 0 aliphatic rings. The van der Waals surface area contributed by atoms with Crippen molar-refractivity contribution in [2.45, 2.75) is 19.5 Å². The number of hydrogen-bond donors (Lipinski definition) is 0. The highest BCUT2D eigenvalue weighted by atomic mass is 32.1. The van der Waals surface area contributed by atoms with Crippen LogP contribution in [0, 0.1) is 6.92 Å². The van der Waals surface area contributed by atoms with E-state index in [1.807, 2.05) is 31.3 Å². The third kappa shape index (κ3) is 3.83. The van der Waals surface area contributed by atoms with E-state index in [-0.39, 0.29) is 6.04 Å². The van der Waals surface area contributed by atoms with Crippen LogP contribution < -0.4 is 0 Å². The number of aromatic nitrogens is 2. The Hall–Kier alpha value is -1.30. The smallest absolute Gasteiger partial charge is 0.107 e. The van der Waals surface area contributed by atoms with Crippen LogP contribution in [0.1, 0.15) is 22.4 Å². The van der Waals surface area contributed by atoms with Crippen LogP contribution in [0.2, 0.25) is 0 Å². The Balaban J connectivity index is 2.10. The van der Waals surface area contributed by atoms with Crippen molar-refractivity contribution in [3.63, 3.8) is 0 Å². The Morgan fingerprint density at radius 2 is 2.26 bits per heavy atom. The molecule has 0 aliphatic carbocycles. The summed E-state index contributed by atoms with van der Waals surface area (Å²) in [5, 5.41) is 3.20. The molecule has 5 heteroatoms. The van der Waals surface area contributed by atoms with Gasteiger partial charge in [-0.3, -0.25) is 9.88 Å². The summed E-state index contributed by atoms with van der Waals surface area (Å²) in [7, 11) is 3.80. The zero-order valence-electron chi connectivity index (χ0n) is 11.5. The summed E-state index contributed by atoms with van der Waals surface area (Å²) in [5.74, 6) is 0. The van der Waals surface area contributed by atoms with Crippen molar-refractivity contribution >= 4 is 11.3 Å². The van der Waals surface area contributed by atoms with Gasteiger partial charge in [0.05, 0.1) is 24.9 Å². The summed E-state index contributed by atoms with van der Waals surface area (Å²) in [5.41, 5.74) is 2.11. The Labute approximate surface area is 118 Å². The first-order valence-electron chi connectivity index (χ1n) is 6.22. The number of nitrogens with zero attached hydrogens (tertiary/aromatic N) is 3. The standard InChI is InChI=1S/C14H19N3OS/c1-11-10-19-14(16-11)8-17(2)13(9-18-3)12-6-4-5-7-15-12/h4-7,10,13H,8-9H2,1-3H3/t13-/m1/s1. The highest BCUT2D eigenvalue weighted by molar-refractivity contribution is 7.09. The predicted octanol–water partition coefficient (Wildman–Crippen LogP) is 2.67. The van der Waals surface area contributed by atoms with E-state index in [0.29, 0.717) is 6.61 Å². The van der Waals surface area contributed by atoms with Gasteiger partial charge >= 0.3 is 0 Å². The number of pyridine rings is 1. The third-order valence-corrected chi connectivity index (χ3v) is 3.89. The SMILES string of the molecule is COC[C@H](c1ccccn1)N(C)Cc1nc(C)cs1. The van der Waals surface area contributed by atoms with Crippen LogP contribution >= 0.6 is 11.3 Å². The molecule has 102 valence electrons. The maximum Gasteiger partial charge on any atom is 0.107 e. The molecule has 0 fully saturated rings. The second-order valence-corrected chi connectivity index (χ2v) is 5.47. The van der Waals surface area contributed by atoms with Crippen LogP contribution in [-0.4, -0.2) is 35.6 Å². The van der Waals surface area contributed by atoms with Gasteiger partial charge in [0.15, 0.2) is 0 Å². The lowest BCUT2D eigenvalue weighted by molar-refractivity contribution is 0.0999. The summed E-state index contributed by atoms with van der Waals surface area (Å²) >= 11 is 1.69. The van der Waals surface area contributed by atoms with Crippen LogP contribution in [-0.2, 0) is 11.3 Å². The van der Waals surface area contributed by atoms with Gasteiger partial charge in [-0.25, -0.2) is 4.98 Å². The van der Waals surface area contributed by atoms with Crippen LogP contribution in [0.15, 0.2) is 29.8 Å². The highest BCUT2D eigenvalue weighted by Crippen LogP contribution is 2.21. The molecule has 0 N–H and O–H groups in total. The molecular weight excluding hydrogens is 258 g/mol. The first-order valence-corrected chi connectivity index (χ1v) is 7.09. The van der Waals surface area contributed by atoms with Crippen LogP contribution in [0.4, 0.5) is 0 Å². The van der Waals surface area contributed by atoms with Crippen molar-refractivity contribution in [2.24, 2.45) is 0 Å². The summed E-state index contributed by atoms with van der Waals surface area (Å²) in [6.45, 7) is 3.45. The van der Waals surface area contributed by atoms with Gasteiger partial charge in [0, 0.05) is 24.4 Å². The number of rotatable bonds is 6. The second kappa shape index (κ2) is 6.75. The average Bonchev–Trinajstić information content (AvgIpc) is 2.82. The summed E-state index contributed by atoms with van der Waals surface area (Å²) in [6, 6.07) is 6.12. The average molecular weight is 277 g/mol. The monoisotopic (exact) mass is 277 g/mol. The Kier molecular flexibility index (Phi) is 5.01. The highest BCUT2D eigenvalue weighted by Gasteiger charge is 2.19. The third-order valence-electron chi connectivity index (χ3n) is 2.94. The van der Waals surface area contributed by atoms with Gasteiger partial charge in [0.1, 0.15) is 5.01 Å². The maximum atomic E-state index is 5.32. The Morgan fingerprint density at radius 3 is 2.84 bits per heavy atom. The molecule has 19 heavy (non-hydrogen) atoms. The van der Waals surface area contributed by atoms with Crippen LogP contribution in [0.3, 0.4) is 0 Å². The van der Waals surface area contributed by atoms with E-state index in [9.17, 15) is 0 Å². The first kappa shape index (κ1) is 14.1. The molecule has 2 aromatic heterocycles. The van der Waals surface area contributed by atoms with Gasteiger partial charge in [0.25, 0.3) is 0 Å². The number of aryl methyl sites for hydroxylation is 1. The fraction of sp³-hybridized carbons (Fsp3) is 0.429. The van der Waals surface area contributed by atoms with Gasteiger partial charge in [-0.2, -0.15) is 0 Å². The maximum absolute atomic E-state index is 5.32. The minimum atomic E-state index is 0.149. The zero-order valence-corrected chi connectivity index (χ0v) is 12.4. The van der Waals surface area contributed by atoms with Crippen molar-refractivity contribution in [1.82, 2.24) is 14.9 Å². The van der Waals surface area contributed by atoms with E-state index in [2.05, 4.69) is 27.3 Å². The largest absolute Gasteiger partial charge is 0.383 e. The zero-order chi connectivity index (χ0) is 13.7. The van der Waals surface area contributed by atoms with Crippen molar-refractivity contribution in [3.05, 3.63) is 46.2 Å². The fourth-order valence-electron chi connectivity index (χ4n) is 1.97. The van der Waals surface area contributed by atoms with Crippen molar-refractivity contribution < 1.29 is 4.74 Å². The molecule has 0 saturated heterocycles. The molecule has 4 nitrogen and oxygen atoms in total. The number of methoxy groups -OCH3 is 1. The molecule has 0 aromatic carbocycles. The molecule has 0 saturated carbocycles. The summed E-state index contributed by atoms with van der Waals surface area (Å²) in [4.78, 5) is 11.2. The lowest BCUT2D eigenvalue weighted by atomic mass is 10.2. The topological polar surface area (TPSA) is 38.2 Å². The molecule has 0 radical (unpaired) electrons. The Bertz CT molecular complexity index is 500. The van der Waals surface area contributed by atoms with Gasteiger partial charge < -0.3 is 4.74 Å². The number of likely N-dealkylation sites (N-methyl/N-ethyl adjacent to an activating group) is 1. The van der Waals surface area contributed by atoms with Gasteiger partial charge in [-0.15, -0.1) is 11.3 Å². The van der Waals surface area contributed by atoms with Crippen LogP contribution in [0.5, 0.6) is 0 Å². The predicted molar refractivity (Wildman–Crippen MR) is 77.2 cm³/mol. The lowest BCUT2D eigenvalue weighted by Gasteiger charge is -2.26. The molecule has 0 amide bonds. The van der Waals surface area contributed by atoms with Crippen molar-refractivity contribution in [3.8, 4) is 0 Å². The number of hydrogen-bond acceptors (Lipinski definition) is 5. The van der Waals surface area contributed by atoms with E-state index < -0.39 is 0 Å². The second-order valence-electron chi connectivity index (χ2n) is 4.52. The summed E-state index contributed by atoms with van der Waals surface area (Å²) in [6.07, 6.45) is 1.82. The minimum Gasteiger partial charge on any atom is -0.383 e. The molecular formula is C14H19N3OS. The van der Waals surface area contributed by atoms with Crippen molar-refractivity contribution in [2.75, 3.05) is 20.8 Å². The molecule has 2 aromatic rings.